The number of aromatic nitrogens is 2. The lowest BCUT2D eigenvalue weighted by atomic mass is 10.1. The first-order chi connectivity index (χ1) is 11.7. The maximum Gasteiger partial charge on any atom is 0.255 e. The van der Waals surface area contributed by atoms with Crippen LogP contribution < -0.4 is 4.74 Å². The number of carbonyl (C=O) groups is 1. The SMILES string of the molecule is COc1ccc(Br)c(C(=O)N2CCN(CCn3ccnc3)CC2)c1. The number of methoxy groups -OCH3 is 1. The second kappa shape index (κ2) is 7.81. The van der Waals surface area contributed by atoms with Crippen molar-refractivity contribution in [2.45, 2.75) is 6.54 Å². The molecule has 1 aromatic carbocycles. The third-order valence-corrected chi connectivity index (χ3v) is 4.99. The molecular weight excluding hydrogens is 372 g/mol. The lowest BCUT2D eigenvalue weighted by molar-refractivity contribution is 0.0632. The molecule has 0 aliphatic carbocycles. The van der Waals surface area contributed by atoms with Gasteiger partial charge in [0.1, 0.15) is 5.75 Å². The number of piperazine rings is 1. The van der Waals surface area contributed by atoms with Gasteiger partial charge >= 0.3 is 0 Å². The molecule has 0 atom stereocenters. The van der Waals surface area contributed by atoms with E-state index in [2.05, 4.69) is 30.4 Å². The van der Waals surface area contributed by atoms with Crippen molar-refractivity contribution >= 4 is 21.8 Å². The summed E-state index contributed by atoms with van der Waals surface area (Å²) >= 11 is 3.46. The molecular formula is C17H21BrN4O2. The average molecular weight is 393 g/mol. The average Bonchev–Trinajstić information content (AvgIpc) is 3.14. The smallest absolute Gasteiger partial charge is 0.255 e. The van der Waals surface area contributed by atoms with E-state index in [4.69, 9.17) is 4.74 Å². The van der Waals surface area contributed by atoms with Crippen LogP contribution in [-0.2, 0) is 6.54 Å². The molecule has 24 heavy (non-hydrogen) atoms. The van der Waals surface area contributed by atoms with Gasteiger partial charge in [0.25, 0.3) is 5.91 Å². The van der Waals surface area contributed by atoms with Gasteiger partial charge in [-0.25, -0.2) is 4.98 Å². The first kappa shape index (κ1) is 17.0. The summed E-state index contributed by atoms with van der Waals surface area (Å²) < 4.78 is 8.10. The highest BCUT2D eigenvalue weighted by molar-refractivity contribution is 9.10. The second-order valence-corrected chi connectivity index (χ2v) is 6.63. The van der Waals surface area contributed by atoms with Gasteiger partial charge in [0, 0.05) is 56.1 Å². The molecule has 2 heterocycles. The van der Waals surface area contributed by atoms with E-state index >= 15 is 0 Å². The van der Waals surface area contributed by atoms with Crippen molar-refractivity contribution in [3.05, 3.63) is 47.0 Å². The summed E-state index contributed by atoms with van der Waals surface area (Å²) in [6.45, 7) is 5.17. The Bertz CT molecular complexity index is 682. The zero-order valence-electron chi connectivity index (χ0n) is 13.7. The molecule has 1 aliphatic rings. The van der Waals surface area contributed by atoms with E-state index in [1.54, 1.807) is 19.4 Å². The second-order valence-electron chi connectivity index (χ2n) is 5.78. The van der Waals surface area contributed by atoms with Gasteiger partial charge < -0.3 is 14.2 Å². The van der Waals surface area contributed by atoms with Crippen LogP contribution in [0.1, 0.15) is 10.4 Å². The van der Waals surface area contributed by atoms with Crippen molar-refractivity contribution < 1.29 is 9.53 Å². The van der Waals surface area contributed by atoms with Gasteiger partial charge in [0.05, 0.1) is 19.0 Å². The van der Waals surface area contributed by atoms with E-state index in [-0.39, 0.29) is 5.91 Å². The number of halogens is 1. The number of carbonyl (C=O) groups excluding carboxylic acids is 1. The monoisotopic (exact) mass is 392 g/mol. The summed E-state index contributed by atoms with van der Waals surface area (Å²) in [5.74, 6) is 0.746. The fraction of sp³-hybridized carbons (Fsp3) is 0.412. The quantitative estimate of drug-likeness (QED) is 0.781. The van der Waals surface area contributed by atoms with E-state index < -0.39 is 0 Å². The molecule has 1 fully saturated rings. The van der Waals surface area contributed by atoms with Crippen molar-refractivity contribution in [3.8, 4) is 5.75 Å². The maximum atomic E-state index is 12.7. The van der Waals surface area contributed by atoms with Crippen molar-refractivity contribution in [2.75, 3.05) is 39.8 Å². The van der Waals surface area contributed by atoms with Crippen LogP contribution in [0, 0.1) is 0 Å². The van der Waals surface area contributed by atoms with Crippen LogP contribution in [-0.4, -0.2) is 65.1 Å². The maximum absolute atomic E-state index is 12.7. The summed E-state index contributed by atoms with van der Waals surface area (Å²) in [5, 5.41) is 0. The summed E-state index contributed by atoms with van der Waals surface area (Å²) in [5.41, 5.74) is 0.654. The molecule has 1 amide bonds. The number of amides is 1. The third kappa shape index (κ3) is 3.96. The number of hydrogen-bond acceptors (Lipinski definition) is 4. The summed E-state index contributed by atoms with van der Waals surface area (Å²) in [7, 11) is 1.61. The zero-order valence-corrected chi connectivity index (χ0v) is 15.3. The summed E-state index contributed by atoms with van der Waals surface area (Å²) in [4.78, 5) is 21.1. The van der Waals surface area contributed by atoms with E-state index in [1.807, 2.05) is 29.6 Å². The van der Waals surface area contributed by atoms with Crippen LogP contribution in [0.3, 0.4) is 0 Å². The highest BCUT2D eigenvalue weighted by Crippen LogP contribution is 2.24. The summed E-state index contributed by atoms with van der Waals surface area (Å²) in [6.07, 6.45) is 5.60. The first-order valence-corrected chi connectivity index (χ1v) is 8.77. The van der Waals surface area contributed by atoms with Crippen LogP contribution in [0.2, 0.25) is 0 Å². The molecule has 0 radical (unpaired) electrons. The van der Waals surface area contributed by atoms with Gasteiger partial charge in [0.2, 0.25) is 0 Å². The van der Waals surface area contributed by atoms with Crippen molar-refractivity contribution in [2.24, 2.45) is 0 Å². The fourth-order valence-electron chi connectivity index (χ4n) is 2.82. The molecule has 1 aromatic heterocycles. The van der Waals surface area contributed by atoms with Gasteiger partial charge in [-0.1, -0.05) is 0 Å². The van der Waals surface area contributed by atoms with E-state index in [0.717, 1.165) is 43.7 Å². The highest BCUT2D eigenvalue weighted by Gasteiger charge is 2.23. The lowest BCUT2D eigenvalue weighted by Crippen LogP contribution is -2.49. The Morgan fingerprint density at radius 1 is 1.25 bits per heavy atom. The molecule has 2 aromatic rings. The fourth-order valence-corrected chi connectivity index (χ4v) is 3.23. The Morgan fingerprint density at radius 2 is 2.04 bits per heavy atom. The van der Waals surface area contributed by atoms with Crippen LogP contribution >= 0.6 is 15.9 Å². The van der Waals surface area contributed by atoms with Crippen LogP contribution in [0.25, 0.3) is 0 Å². The van der Waals surface area contributed by atoms with Crippen molar-refractivity contribution in [1.82, 2.24) is 19.4 Å². The molecule has 0 unspecified atom stereocenters. The largest absolute Gasteiger partial charge is 0.497 e. The lowest BCUT2D eigenvalue weighted by Gasteiger charge is -2.35. The van der Waals surface area contributed by atoms with Gasteiger partial charge in [-0.3, -0.25) is 9.69 Å². The van der Waals surface area contributed by atoms with Gasteiger partial charge in [-0.2, -0.15) is 0 Å². The Kier molecular flexibility index (Phi) is 5.52. The van der Waals surface area contributed by atoms with Gasteiger partial charge in [0.15, 0.2) is 0 Å². The highest BCUT2D eigenvalue weighted by atomic mass is 79.9. The van der Waals surface area contributed by atoms with Crippen LogP contribution in [0.5, 0.6) is 5.75 Å². The Hall–Kier alpha value is -1.86. The first-order valence-electron chi connectivity index (χ1n) is 7.98. The predicted octanol–water partition coefficient (Wildman–Crippen LogP) is 2.11. The van der Waals surface area contributed by atoms with Crippen LogP contribution in [0.4, 0.5) is 0 Å². The molecule has 128 valence electrons. The number of rotatable bonds is 5. The number of ether oxygens (including phenoxy) is 1. The Balaban J connectivity index is 1.55. The topological polar surface area (TPSA) is 50.6 Å². The molecule has 1 saturated heterocycles. The minimum atomic E-state index is 0.0510. The summed E-state index contributed by atoms with van der Waals surface area (Å²) in [6, 6.07) is 5.49. The van der Waals surface area contributed by atoms with Crippen molar-refractivity contribution in [3.63, 3.8) is 0 Å². The molecule has 1 aliphatic heterocycles. The van der Waals surface area contributed by atoms with Crippen molar-refractivity contribution in [1.29, 1.82) is 0 Å². The molecule has 0 bridgehead atoms. The minimum absolute atomic E-state index is 0.0510. The Morgan fingerprint density at radius 3 is 2.71 bits per heavy atom. The van der Waals surface area contributed by atoms with E-state index in [1.165, 1.54) is 0 Å². The van der Waals surface area contributed by atoms with E-state index in [9.17, 15) is 4.79 Å². The minimum Gasteiger partial charge on any atom is -0.497 e. The molecule has 0 spiro atoms. The predicted molar refractivity (Wildman–Crippen MR) is 95.3 cm³/mol. The number of hydrogen-bond donors (Lipinski definition) is 0. The number of benzene rings is 1. The molecule has 3 rings (SSSR count). The standard InChI is InChI=1S/C17H21BrN4O2/c1-24-14-2-3-16(18)15(12-14)17(23)22-10-8-20(9-11-22)6-7-21-5-4-19-13-21/h2-5,12-13H,6-11H2,1H3. The normalized spacial score (nSPS) is 15.5. The van der Waals surface area contributed by atoms with Gasteiger partial charge in [-0.15, -0.1) is 0 Å². The molecule has 0 N–H and O–H groups in total. The third-order valence-electron chi connectivity index (χ3n) is 4.30. The zero-order chi connectivity index (χ0) is 16.9. The molecule has 7 heteroatoms. The molecule has 0 saturated carbocycles. The van der Waals surface area contributed by atoms with Crippen LogP contribution in [0.15, 0.2) is 41.4 Å². The number of nitrogens with zero attached hydrogens (tertiary/aromatic N) is 4. The number of imidazole rings is 1. The Labute approximate surface area is 150 Å². The van der Waals surface area contributed by atoms with E-state index in [0.29, 0.717) is 11.3 Å². The van der Waals surface area contributed by atoms with Gasteiger partial charge in [-0.05, 0) is 34.1 Å². The molecule has 6 nitrogen and oxygen atoms in total.